The maximum Gasteiger partial charge on any atom is 0.410 e. The van der Waals surface area contributed by atoms with Crippen molar-refractivity contribution < 1.29 is 9.53 Å². The summed E-state index contributed by atoms with van der Waals surface area (Å²) >= 11 is 0. The number of nitrogens with zero attached hydrogens (tertiary/aromatic N) is 1. The quantitative estimate of drug-likeness (QED) is 0.702. The molecule has 1 rings (SSSR count). The Morgan fingerprint density at radius 3 is 2.59 bits per heavy atom. The van der Waals surface area contributed by atoms with Gasteiger partial charge in [-0.2, -0.15) is 0 Å². The molecular formula is C12H25N3O2. The van der Waals surface area contributed by atoms with Crippen LogP contribution in [0, 0.1) is 0 Å². The molecule has 0 saturated carbocycles. The first-order valence-electron chi connectivity index (χ1n) is 6.27. The van der Waals surface area contributed by atoms with Crippen molar-refractivity contribution in [2.75, 3.05) is 33.2 Å². The summed E-state index contributed by atoms with van der Waals surface area (Å²) in [7, 11) is 1.78. The molecular weight excluding hydrogens is 218 g/mol. The number of nitrogens with one attached hydrogen (secondary N) is 2. The van der Waals surface area contributed by atoms with E-state index in [9.17, 15) is 4.79 Å². The lowest BCUT2D eigenvalue weighted by atomic mass is 10.2. The first kappa shape index (κ1) is 14.3. The van der Waals surface area contributed by atoms with Gasteiger partial charge in [0, 0.05) is 32.7 Å². The van der Waals surface area contributed by atoms with E-state index in [1.54, 1.807) is 11.9 Å². The third-order valence-corrected chi connectivity index (χ3v) is 2.59. The average molecular weight is 243 g/mol. The Morgan fingerprint density at radius 1 is 1.47 bits per heavy atom. The van der Waals surface area contributed by atoms with E-state index in [1.165, 1.54) is 0 Å². The van der Waals surface area contributed by atoms with Crippen molar-refractivity contribution in [2.45, 2.75) is 38.8 Å². The first-order valence-corrected chi connectivity index (χ1v) is 6.27. The minimum absolute atomic E-state index is 0.247. The lowest BCUT2D eigenvalue weighted by Crippen LogP contribution is -2.55. The molecule has 0 unspecified atom stereocenters. The number of carbonyl (C=O) groups excluding carboxylic acids is 1. The fraction of sp³-hybridized carbons (Fsp3) is 0.917. The van der Waals surface area contributed by atoms with Crippen LogP contribution in [-0.2, 0) is 4.74 Å². The van der Waals surface area contributed by atoms with Crippen LogP contribution in [0.3, 0.4) is 0 Å². The number of hydrogen-bond donors (Lipinski definition) is 2. The molecule has 0 bridgehead atoms. The Balaban J connectivity index is 2.06. The second-order valence-electron chi connectivity index (χ2n) is 5.56. The predicted molar refractivity (Wildman–Crippen MR) is 68.1 cm³/mol. The van der Waals surface area contributed by atoms with Crippen LogP contribution in [0.2, 0.25) is 0 Å². The minimum Gasteiger partial charge on any atom is -0.444 e. The Hall–Kier alpha value is -0.810. The highest BCUT2D eigenvalue weighted by atomic mass is 16.6. The van der Waals surface area contributed by atoms with Gasteiger partial charge in [0.05, 0.1) is 0 Å². The molecule has 2 N–H and O–H groups in total. The molecule has 0 atom stereocenters. The Labute approximate surface area is 104 Å². The van der Waals surface area contributed by atoms with Crippen LogP contribution in [0.1, 0.15) is 27.2 Å². The molecule has 0 spiro atoms. The van der Waals surface area contributed by atoms with E-state index in [4.69, 9.17) is 4.74 Å². The molecule has 1 heterocycles. The van der Waals surface area contributed by atoms with Gasteiger partial charge in [0.1, 0.15) is 5.60 Å². The van der Waals surface area contributed by atoms with Gasteiger partial charge in [0.15, 0.2) is 0 Å². The molecule has 1 aliphatic rings. The zero-order chi connectivity index (χ0) is 12.9. The number of carbonyl (C=O) groups is 1. The van der Waals surface area contributed by atoms with E-state index in [0.29, 0.717) is 6.04 Å². The molecule has 1 saturated heterocycles. The number of amides is 1. The number of ether oxygens (including phenoxy) is 1. The van der Waals surface area contributed by atoms with Crippen LogP contribution >= 0.6 is 0 Å². The van der Waals surface area contributed by atoms with Crippen molar-refractivity contribution in [1.82, 2.24) is 15.5 Å². The van der Waals surface area contributed by atoms with Gasteiger partial charge in [-0.15, -0.1) is 0 Å². The van der Waals surface area contributed by atoms with Crippen LogP contribution in [0.25, 0.3) is 0 Å². The molecule has 17 heavy (non-hydrogen) atoms. The van der Waals surface area contributed by atoms with E-state index in [1.807, 2.05) is 20.8 Å². The normalized spacial score (nSPS) is 16.5. The molecule has 1 fully saturated rings. The maximum atomic E-state index is 11.6. The zero-order valence-corrected chi connectivity index (χ0v) is 11.4. The average Bonchev–Trinajstić information content (AvgIpc) is 2.11. The highest BCUT2D eigenvalue weighted by Crippen LogP contribution is 2.09. The molecule has 0 aromatic carbocycles. The molecule has 5 heteroatoms. The molecule has 0 radical (unpaired) electrons. The van der Waals surface area contributed by atoms with Gasteiger partial charge in [-0.25, -0.2) is 4.79 Å². The van der Waals surface area contributed by atoms with Gasteiger partial charge in [0.2, 0.25) is 0 Å². The SMILES string of the molecule is CN(CCCNC1CNC1)C(=O)OC(C)(C)C. The maximum absolute atomic E-state index is 11.6. The van der Waals surface area contributed by atoms with Crippen LogP contribution in [0.5, 0.6) is 0 Å². The van der Waals surface area contributed by atoms with Crippen LogP contribution in [-0.4, -0.2) is 55.9 Å². The summed E-state index contributed by atoms with van der Waals surface area (Å²) in [5.41, 5.74) is -0.415. The van der Waals surface area contributed by atoms with Crippen molar-refractivity contribution in [1.29, 1.82) is 0 Å². The molecule has 1 aliphatic heterocycles. The molecule has 5 nitrogen and oxygen atoms in total. The van der Waals surface area contributed by atoms with Gasteiger partial charge in [-0.1, -0.05) is 0 Å². The topological polar surface area (TPSA) is 53.6 Å². The lowest BCUT2D eigenvalue weighted by molar-refractivity contribution is 0.0297. The summed E-state index contributed by atoms with van der Waals surface area (Å²) in [6.07, 6.45) is 0.703. The highest BCUT2D eigenvalue weighted by Gasteiger charge is 2.19. The second-order valence-corrected chi connectivity index (χ2v) is 5.56. The van der Waals surface area contributed by atoms with E-state index < -0.39 is 5.60 Å². The molecule has 1 amide bonds. The predicted octanol–water partition coefficient (Wildman–Crippen LogP) is 0.805. The summed E-state index contributed by atoms with van der Waals surface area (Å²) < 4.78 is 5.27. The van der Waals surface area contributed by atoms with Crippen molar-refractivity contribution >= 4 is 6.09 Å². The van der Waals surface area contributed by atoms with Crippen molar-refractivity contribution in [2.24, 2.45) is 0 Å². The Bertz CT molecular complexity index is 247. The zero-order valence-electron chi connectivity index (χ0n) is 11.4. The molecule has 100 valence electrons. The third kappa shape index (κ3) is 5.89. The lowest BCUT2D eigenvalue weighted by Gasteiger charge is -2.28. The monoisotopic (exact) mass is 243 g/mol. The van der Waals surface area contributed by atoms with E-state index >= 15 is 0 Å². The number of rotatable bonds is 5. The summed E-state index contributed by atoms with van der Waals surface area (Å²) in [6, 6.07) is 0.613. The Kier molecular flexibility index (Phi) is 5.21. The number of hydrogen-bond acceptors (Lipinski definition) is 4. The van der Waals surface area contributed by atoms with Crippen molar-refractivity contribution in [3.63, 3.8) is 0 Å². The van der Waals surface area contributed by atoms with Crippen LogP contribution in [0.4, 0.5) is 4.79 Å². The largest absolute Gasteiger partial charge is 0.444 e. The van der Waals surface area contributed by atoms with Crippen molar-refractivity contribution in [3.05, 3.63) is 0 Å². The van der Waals surface area contributed by atoms with Gasteiger partial charge < -0.3 is 20.3 Å². The third-order valence-electron chi connectivity index (χ3n) is 2.59. The standard InChI is InChI=1S/C12H25N3O2/c1-12(2,3)17-11(16)15(4)7-5-6-14-10-8-13-9-10/h10,13-14H,5-9H2,1-4H3. The summed E-state index contributed by atoms with van der Waals surface area (Å²) in [5.74, 6) is 0. The van der Waals surface area contributed by atoms with E-state index in [0.717, 1.165) is 32.6 Å². The molecule has 0 aromatic heterocycles. The van der Waals surface area contributed by atoms with E-state index in [2.05, 4.69) is 10.6 Å². The fourth-order valence-corrected chi connectivity index (χ4v) is 1.49. The summed E-state index contributed by atoms with van der Waals surface area (Å²) in [6.45, 7) is 9.42. The highest BCUT2D eigenvalue weighted by molar-refractivity contribution is 5.67. The fourth-order valence-electron chi connectivity index (χ4n) is 1.49. The van der Waals surface area contributed by atoms with Gasteiger partial charge in [-0.3, -0.25) is 0 Å². The van der Waals surface area contributed by atoms with Crippen molar-refractivity contribution in [3.8, 4) is 0 Å². The first-order chi connectivity index (χ1) is 7.88. The minimum atomic E-state index is -0.415. The molecule has 0 aliphatic carbocycles. The van der Waals surface area contributed by atoms with Gasteiger partial charge in [0.25, 0.3) is 0 Å². The van der Waals surface area contributed by atoms with Crippen LogP contribution in [0.15, 0.2) is 0 Å². The van der Waals surface area contributed by atoms with Gasteiger partial charge in [-0.05, 0) is 33.7 Å². The van der Waals surface area contributed by atoms with Crippen LogP contribution < -0.4 is 10.6 Å². The van der Waals surface area contributed by atoms with Gasteiger partial charge >= 0.3 is 6.09 Å². The smallest absolute Gasteiger partial charge is 0.410 e. The Morgan fingerprint density at radius 2 is 2.12 bits per heavy atom. The summed E-state index contributed by atoms with van der Waals surface area (Å²) in [5, 5.41) is 6.63. The molecule has 0 aromatic rings. The summed E-state index contributed by atoms with van der Waals surface area (Å²) in [4.78, 5) is 13.3. The second kappa shape index (κ2) is 6.21. The van der Waals surface area contributed by atoms with E-state index in [-0.39, 0.29) is 6.09 Å².